The fraction of sp³-hybridized carbons (Fsp3) is 0.130. The zero-order valence-corrected chi connectivity index (χ0v) is 20.2. The van der Waals surface area contributed by atoms with E-state index in [0.717, 1.165) is 20.0 Å². The molecule has 1 aliphatic rings. The van der Waals surface area contributed by atoms with Crippen LogP contribution in [0.15, 0.2) is 75.7 Å². The van der Waals surface area contributed by atoms with E-state index in [-0.39, 0.29) is 5.91 Å². The van der Waals surface area contributed by atoms with E-state index in [2.05, 4.69) is 43.2 Å². The van der Waals surface area contributed by atoms with Crippen molar-refractivity contribution in [1.29, 1.82) is 0 Å². The number of anilines is 1. The van der Waals surface area contributed by atoms with Crippen molar-refractivity contribution in [2.75, 3.05) is 4.90 Å². The molecule has 5 rings (SSSR count). The predicted octanol–water partition coefficient (Wildman–Crippen LogP) is 6.10. The molecule has 0 spiro atoms. The summed E-state index contributed by atoms with van der Waals surface area (Å²) in [5.74, 6) is 0.950. The van der Waals surface area contributed by atoms with E-state index < -0.39 is 6.23 Å². The number of para-hydroxylation sites is 1. The molecule has 0 saturated carbocycles. The number of hydrogen-bond donors (Lipinski definition) is 0. The Kier molecular flexibility index (Phi) is 5.95. The molecule has 0 N–H and O–H groups in total. The second kappa shape index (κ2) is 9.01. The van der Waals surface area contributed by atoms with Crippen LogP contribution in [0.25, 0.3) is 11.3 Å². The van der Waals surface area contributed by atoms with Crippen LogP contribution in [0, 0.1) is 0 Å². The van der Waals surface area contributed by atoms with Crippen molar-refractivity contribution in [2.24, 2.45) is 0 Å². The van der Waals surface area contributed by atoms with Crippen LogP contribution in [0.4, 0.5) is 5.69 Å². The van der Waals surface area contributed by atoms with Crippen LogP contribution in [-0.4, -0.2) is 21.1 Å². The van der Waals surface area contributed by atoms with E-state index in [4.69, 9.17) is 4.74 Å². The van der Waals surface area contributed by atoms with Gasteiger partial charge in [-0.2, -0.15) is 4.98 Å². The van der Waals surface area contributed by atoms with Crippen molar-refractivity contribution < 1.29 is 9.53 Å². The second-order valence-electron chi connectivity index (χ2n) is 7.04. The second-order valence-corrected chi connectivity index (χ2v) is 10.5. The van der Waals surface area contributed by atoms with E-state index in [1.165, 1.54) is 35.6 Å². The molecule has 0 unspecified atom stereocenters. The van der Waals surface area contributed by atoms with Gasteiger partial charge in [0, 0.05) is 18.2 Å². The van der Waals surface area contributed by atoms with Gasteiger partial charge in [0.05, 0.1) is 14.4 Å². The number of thioether (sulfide) groups is 1. The summed E-state index contributed by atoms with van der Waals surface area (Å²) < 4.78 is 7.33. The predicted molar refractivity (Wildman–Crippen MR) is 130 cm³/mol. The Labute approximate surface area is 201 Å². The summed E-state index contributed by atoms with van der Waals surface area (Å²) in [4.78, 5) is 20.0. The lowest BCUT2D eigenvalue weighted by Gasteiger charge is -2.28. The molecule has 0 radical (unpaired) electrons. The fourth-order valence-corrected chi connectivity index (χ4v) is 5.66. The van der Waals surface area contributed by atoms with Gasteiger partial charge in [0.2, 0.25) is 23.2 Å². The number of carbonyl (C=O) groups is 1. The molecule has 0 fully saturated rings. The minimum absolute atomic E-state index is 0.133. The Morgan fingerprint density at radius 2 is 1.88 bits per heavy atom. The van der Waals surface area contributed by atoms with E-state index in [1.807, 2.05) is 54.6 Å². The van der Waals surface area contributed by atoms with Crippen molar-refractivity contribution in [3.63, 3.8) is 0 Å². The minimum atomic E-state index is -0.658. The number of aromatic nitrogens is 3. The largest absolute Gasteiger partial charge is 0.446 e. The van der Waals surface area contributed by atoms with Crippen LogP contribution in [0.5, 0.6) is 5.88 Å². The molecule has 3 heterocycles. The number of amides is 1. The van der Waals surface area contributed by atoms with Gasteiger partial charge in [0.15, 0.2) is 5.69 Å². The molecule has 4 aromatic rings. The fourth-order valence-electron chi connectivity index (χ4n) is 3.48. The van der Waals surface area contributed by atoms with Crippen molar-refractivity contribution >= 4 is 50.6 Å². The van der Waals surface area contributed by atoms with Crippen LogP contribution >= 0.6 is 39.0 Å². The molecule has 0 aliphatic carbocycles. The highest BCUT2D eigenvalue weighted by Crippen LogP contribution is 2.44. The number of ether oxygens (including phenoxy) is 1. The summed E-state index contributed by atoms with van der Waals surface area (Å²) in [5, 5.41) is 9.31. The van der Waals surface area contributed by atoms with Gasteiger partial charge < -0.3 is 4.74 Å². The monoisotopic (exact) mass is 524 g/mol. The molecule has 1 aliphatic heterocycles. The highest BCUT2D eigenvalue weighted by atomic mass is 79.9. The Hall–Kier alpha value is -2.75. The zero-order valence-electron chi connectivity index (χ0n) is 16.9. The first-order chi connectivity index (χ1) is 15.6. The topological polar surface area (TPSA) is 68.2 Å². The third-order valence-corrected chi connectivity index (χ3v) is 7.46. The van der Waals surface area contributed by atoms with Crippen LogP contribution in [-0.2, 0) is 10.5 Å². The van der Waals surface area contributed by atoms with Gasteiger partial charge in [-0.25, -0.2) is 0 Å². The van der Waals surface area contributed by atoms with Gasteiger partial charge in [-0.1, -0.05) is 60.3 Å². The number of hydrogen-bond acceptors (Lipinski definition) is 7. The number of thiophene rings is 1. The summed E-state index contributed by atoms with van der Waals surface area (Å²) >= 11 is 6.52. The van der Waals surface area contributed by atoms with Gasteiger partial charge in [-0.05, 0) is 39.7 Å². The number of halogens is 1. The smallest absolute Gasteiger partial charge is 0.247 e. The number of fused-ring (bicyclic) bond motifs is 3. The van der Waals surface area contributed by atoms with Crippen LogP contribution in [0.2, 0.25) is 0 Å². The third-order valence-electron chi connectivity index (χ3n) is 4.90. The van der Waals surface area contributed by atoms with Crippen LogP contribution in [0.1, 0.15) is 23.6 Å². The van der Waals surface area contributed by atoms with E-state index >= 15 is 0 Å². The molecule has 0 saturated heterocycles. The van der Waals surface area contributed by atoms with Gasteiger partial charge >= 0.3 is 0 Å². The van der Waals surface area contributed by atoms with Gasteiger partial charge in [0.1, 0.15) is 0 Å². The Morgan fingerprint density at radius 3 is 2.62 bits per heavy atom. The molecule has 1 atom stereocenters. The molecule has 0 bridgehead atoms. The number of benzene rings is 2. The average Bonchev–Trinajstić information content (AvgIpc) is 3.18. The quantitative estimate of drug-likeness (QED) is 0.300. The van der Waals surface area contributed by atoms with E-state index in [0.29, 0.717) is 22.4 Å². The SMILES string of the molecule is CC(=O)N1c2ccccc2-c2nnc(SCc3ccccc3)nc2O[C@H]1c1ccc(Br)s1. The maximum atomic E-state index is 12.8. The Morgan fingerprint density at radius 1 is 1.09 bits per heavy atom. The number of nitrogens with zero attached hydrogens (tertiary/aromatic N) is 4. The lowest BCUT2D eigenvalue weighted by molar-refractivity contribution is -0.118. The van der Waals surface area contributed by atoms with Crippen LogP contribution < -0.4 is 9.64 Å². The van der Waals surface area contributed by atoms with Crippen molar-refractivity contribution in [3.8, 4) is 17.1 Å². The molecule has 32 heavy (non-hydrogen) atoms. The minimum Gasteiger partial charge on any atom is -0.446 e. The number of rotatable bonds is 4. The highest BCUT2D eigenvalue weighted by Gasteiger charge is 2.35. The summed E-state index contributed by atoms with van der Waals surface area (Å²) in [6.45, 7) is 1.53. The first-order valence-electron chi connectivity index (χ1n) is 9.82. The number of carbonyl (C=O) groups excluding carboxylic acids is 1. The zero-order chi connectivity index (χ0) is 22.1. The highest BCUT2D eigenvalue weighted by molar-refractivity contribution is 9.11. The van der Waals surface area contributed by atoms with Crippen molar-refractivity contribution in [3.05, 3.63) is 81.0 Å². The first kappa shape index (κ1) is 21.1. The lowest BCUT2D eigenvalue weighted by atomic mass is 10.1. The molecule has 2 aromatic heterocycles. The molecular formula is C23H17BrN4O2S2. The van der Waals surface area contributed by atoms with Gasteiger partial charge in [-0.3, -0.25) is 9.69 Å². The first-order valence-corrected chi connectivity index (χ1v) is 12.4. The molecule has 1 amide bonds. The van der Waals surface area contributed by atoms with Gasteiger partial charge in [0.25, 0.3) is 0 Å². The molecule has 2 aromatic carbocycles. The van der Waals surface area contributed by atoms with Crippen molar-refractivity contribution in [2.45, 2.75) is 24.1 Å². The molecule has 6 nitrogen and oxygen atoms in total. The summed E-state index contributed by atoms with van der Waals surface area (Å²) in [5.41, 5.74) is 3.17. The molecule has 160 valence electrons. The van der Waals surface area contributed by atoms with Crippen molar-refractivity contribution in [1.82, 2.24) is 15.2 Å². The standard InChI is InChI=1S/C23H17BrN4O2S2/c1-14(29)28-17-10-6-5-9-16(17)20-21(30-22(28)18-11-12-19(24)32-18)25-23(27-26-20)31-13-15-7-3-2-4-8-15/h2-12,22H,13H2,1H3/t22-/m0/s1. The maximum absolute atomic E-state index is 12.8. The summed E-state index contributed by atoms with van der Waals surface area (Å²) in [6, 6.07) is 21.6. The molecule has 9 heteroatoms. The van der Waals surface area contributed by atoms with E-state index in [9.17, 15) is 4.79 Å². The normalized spacial score (nSPS) is 14.8. The lowest BCUT2D eigenvalue weighted by Crippen LogP contribution is -2.35. The Balaban J connectivity index is 1.58. The Bertz CT molecular complexity index is 1280. The molecular weight excluding hydrogens is 508 g/mol. The average molecular weight is 525 g/mol. The third kappa shape index (κ3) is 4.15. The van der Waals surface area contributed by atoms with Crippen LogP contribution in [0.3, 0.4) is 0 Å². The summed E-state index contributed by atoms with van der Waals surface area (Å²) in [6.07, 6.45) is -0.658. The van der Waals surface area contributed by atoms with Gasteiger partial charge in [-0.15, -0.1) is 21.5 Å². The maximum Gasteiger partial charge on any atom is 0.247 e. The summed E-state index contributed by atoms with van der Waals surface area (Å²) in [7, 11) is 0. The van der Waals surface area contributed by atoms with E-state index in [1.54, 1.807) is 4.90 Å².